The maximum absolute atomic E-state index is 12.8. The lowest BCUT2D eigenvalue weighted by atomic mass is 9.86. The first-order valence-electron chi connectivity index (χ1n) is 5.29. The van der Waals surface area contributed by atoms with Crippen molar-refractivity contribution in [1.82, 2.24) is 4.90 Å². The van der Waals surface area contributed by atoms with Crippen LogP contribution >= 0.6 is 0 Å². The molecule has 0 aromatic rings. The summed E-state index contributed by atoms with van der Waals surface area (Å²) < 4.78 is 12.8. The van der Waals surface area contributed by atoms with Crippen LogP contribution in [0.3, 0.4) is 0 Å². The molecule has 3 heteroatoms. The molecule has 1 amide bonds. The van der Waals surface area contributed by atoms with E-state index in [1.165, 1.54) is 0 Å². The van der Waals surface area contributed by atoms with Crippen LogP contribution in [0.1, 0.15) is 39.0 Å². The second-order valence-corrected chi connectivity index (χ2v) is 4.39. The number of nitrogens with zero attached hydrogens (tertiary/aromatic N) is 1. The van der Waals surface area contributed by atoms with Crippen LogP contribution in [0.25, 0.3) is 0 Å². The third-order valence-corrected chi connectivity index (χ3v) is 3.87. The maximum atomic E-state index is 12.8. The summed E-state index contributed by atoms with van der Waals surface area (Å²) >= 11 is 0. The van der Waals surface area contributed by atoms with E-state index < -0.39 is 11.7 Å². The van der Waals surface area contributed by atoms with E-state index in [1.54, 1.807) is 4.90 Å². The molecule has 2 heterocycles. The van der Waals surface area contributed by atoms with Crippen molar-refractivity contribution in [2.75, 3.05) is 0 Å². The second kappa shape index (κ2) is 3.07. The number of hydrogen-bond donors (Lipinski definition) is 0. The lowest BCUT2D eigenvalue weighted by molar-refractivity contribution is -0.132. The zero-order valence-electron chi connectivity index (χ0n) is 8.55. The smallest absolute Gasteiger partial charge is 0.282 e. The van der Waals surface area contributed by atoms with Gasteiger partial charge in [-0.1, -0.05) is 13.5 Å². The number of hydrogen-bond acceptors (Lipinski definition) is 1. The Hall–Kier alpha value is -0.860. The molecule has 2 fully saturated rings. The molecule has 0 radical (unpaired) electrons. The van der Waals surface area contributed by atoms with Gasteiger partial charge in [-0.25, -0.2) is 4.39 Å². The molecule has 2 saturated heterocycles. The molecule has 2 nitrogen and oxygen atoms in total. The third kappa shape index (κ3) is 1.11. The number of fused-ring (bicyclic) bond motifs is 2. The number of rotatable bonds is 2. The van der Waals surface area contributed by atoms with Crippen molar-refractivity contribution in [3.63, 3.8) is 0 Å². The molecule has 2 rings (SSSR count). The quantitative estimate of drug-likeness (QED) is 0.622. The lowest BCUT2D eigenvalue weighted by Gasteiger charge is -2.33. The van der Waals surface area contributed by atoms with Gasteiger partial charge in [0.25, 0.3) is 5.91 Å². The van der Waals surface area contributed by atoms with Gasteiger partial charge in [-0.05, 0) is 32.1 Å². The lowest BCUT2D eigenvalue weighted by Crippen LogP contribution is -2.44. The molecule has 0 saturated carbocycles. The minimum Gasteiger partial charge on any atom is -0.328 e. The molecule has 2 aliphatic heterocycles. The fourth-order valence-corrected chi connectivity index (χ4v) is 3.06. The highest BCUT2D eigenvalue weighted by molar-refractivity contribution is 5.92. The Morgan fingerprint density at radius 2 is 2.14 bits per heavy atom. The fraction of sp³-hybridized carbons (Fsp3) is 0.727. The number of halogens is 1. The number of carbonyl (C=O) groups excluding carboxylic acids is 1. The average molecular weight is 197 g/mol. The van der Waals surface area contributed by atoms with Crippen LogP contribution < -0.4 is 0 Å². The first-order chi connectivity index (χ1) is 6.60. The van der Waals surface area contributed by atoms with Crippen molar-refractivity contribution in [2.45, 2.75) is 50.6 Å². The van der Waals surface area contributed by atoms with Crippen LogP contribution in [0.4, 0.5) is 4.39 Å². The van der Waals surface area contributed by atoms with Gasteiger partial charge in [-0.15, -0.1) is 0 Å². The van der Waals surface area contributed by atoms with E-state index in [2.05, 4.69) is 13.5 Å². The fourth-order valence-electron chi connectivity index (χ4n) is 3.06. The SMILES string of the molecule is C=C(F)C(=O)N1C2CCC1(CC)CC2. The van der Waals surface area contributed by atoms with Crippen LogP contribution in [0.5, 0.6) is 0 Å². The van der Waals surface area contributed by atoms with Gasteiger partial charge in [0.1, 0.15) is 0 Å². The summed E-state index contributed by atoms with van der Waals surface area (Å²) in [6, 6.07) is 0.273. The van der Waals surface area contributed by atoms with Crippen molar-refractivity contribution in [2.24, 2.45) is 0 Å². The van der Waals surface area contributed by atoms with Gasteiger partial charge in [0, 0.05) is 11.6 Å². The molecule has 78 valence electrons. The normalized spacial score (nSPS) is 35.0. The summed E-state index contributed by atoms with van der Waals surface area (Å²) in [7, 11) is 0. The van der Waals surface area contributed by atoms with E-state index in [0.29, 0.717) is 0 Å². The molecule has 0 atom stereocenters. The molecule has 0 aromatic heterocycles. The molecule has 2 bridgehead atoms. The van der Waals surface area contributed by atoms with Gasteiger partial charge in [-0.2, -0.15) is 0 Å². The van der Waals surface area contributed by atoms with Gasteiger partial charge in [0.15, 0.2) is 5.83 Å². The summed E-state index contributed by atoms with van der Waals surface area (Å²) in [5.41, 5.74) is -0.0449. The van der Waals surface area contributed by atoms with Crippen LogP contribution in [-0.4, -0.2) is 22.4 Å². The van der Waals surface area contributed by atoms with E-state index >= 15 is 0 Å². The second-order valence-electron chi connectivity index (χ2n) is 4.39. The van der Waals surface area contributed by atoms with Gasteiger partial charge in [0.2, 0.25) is 0 Å². The molecule has 14 heavy (non-hydrogen) atoms. The summed E-state index contributed by atoms with van der Waals surface area (Å²) in [4.78, 5) is 13.4. The Morgan fingerprint density at radius 3 is 2.57 bits per heavy atom. The van der Waals surface area contributed by atoms with Gasteiger partial charge >= 0.3 is 0 Å². The highest BCUT2D eigenvalue weighted by atomic mass is 19.1. The summed E-state index contributed by atoms with van der Waals surface area (Å²) in [6.45, 7) is 5.18. The zero-order valence-corrected chi connectivity index (χ0v) is 8.55. The van der Waals surface area contributed by atoms with E-state index in [0.717, 1.165) is 32.1 Å². The average Bonchev–Trinajstić information content (AvgIpc) is 2.71. The predicted molar refractivity (Wildman–Crippen MR) is 52.4 cm³/mol. The molecule has 0 unspecified atom stereocenters. The highest BCUT2D eigenvalue weighted by Gasteiger charge is 2.52. The van der Waals surface area contributed by atoms with Crippen LogP contribution in [0, 0.1) is 0 Å². The zero-order chi connectivity index (χ0) is 10.3. The first-order valence-corrected chi connectivity index (χ1v) is 5.29. The minimum absolute atomic E-state index is 0.0449. The third-order valence-electron chi connectivity index (χ3n) is 3.87. The first kappa shape index (κ1) is 9.69. The minimum atomic E-state index is -0.809. The molecular formula is C11H16FNO. The standard InChI is InChI=1S/C11H16FNO/c1-3-11-6-4-9(5-7-11)13(11)10(14)8(2)12/h9H,2-7H2,1H3. The van der Waals surface area contributed by atoms with Crippen molar-refractivity contribution < 1.29 is 9.18 Å². The Kier molecular flexibility index (Phi) is 2.13. The molecule has 0 aliphatic carbocycles. The molecular weight excluding hydrogens is 181 g/mol. The Morgan fingerprint density at radius 1 is 1.57 bits per heavy atom. The maximum Gasteiger partial charge on any atom is 0.282 e. The topological polar surface area (TPSA) is 20.3 Å². The van der Waals surface area contributed by atoms with E-state index in [-0.39, 0.29) is 11.6 Å². The largest absolute Gasteiger partial charge is 0.328 e. The van der Waals surface area contributed by atoms with Crippen molar-refractivity contribution in [3.05, 3.63) is 12.4 Å². The van der Waals surface area contributed by atoms with E-state index in [9.17, 15) is 9.18 Å². The van der Waals surface area contributed by atoms with Gasteiger partial charge in [0.05, 0.1) is 0 Å². The van der Waals surface area contributed by atoms with E-state index in [1.807, 2.05) is 0 Å². The van der Waals surface area contributed by atoms with Crippen molar-refractivity contribution in [3.8, 4) is 0 Å². The molecule has 0 spiro atoms. The highest BCUT2D eigenvalue weighted by Crippen LogP contribution is 2.48. The molecule has 0 aromatic carbocycles. The van der Waals surface area contributed by atoms with Gasteiger partial charge in [-0.3, -0.25) is 4.79 Å². The van der Waals surface area contributed by atoms with Crippen LogP contribution in [-0.2, 0) is 4.79 Å². The van der Waals surface area contributed by atoms with Crippen LogP contribution in [0.15, 0.2) is 12.4 Å². The molecule has 2 aliphatic rings. The Balaban J connectivity index is 2.27. The van der Waals surface area contributed by atoms with Crippen molar-refractivity contribution in [1.29, 1.82) is 0 Å². The summed E-state index contributed by atoms with van der Waals surface area (Å²) in [5.74, 6) is -1.29. The Bertz CT molecular complexity index is 279. The predicted octanol–water partition coefficient (Wildman–Crippen LogP) is 2.40. The summed E-state index contributed by atoms with van der Waals surface area (Å²) in [6.07, 6.45) is 5.07. The number of amides is 1. The van der Waals surface area contributed by atoms with Gasteiger partial charge < -0.3 is 4.90 Å². The monoisotopic (exact) mass is 197 g/mol. The Labute approximate surface area is 83.8 Å². The van der Waals surface area contributed by atoms with Crippen molar-refractivity contribution >= 4 is 5.91 Å². The number of carbonyl (C=O) groups is 1. The van der Waals surface area contributed by atoms with E-state index in [4.69, 9.17) is 0 Å². The summed E-state index contributed by atoms with van der Waals surface area (Å²) in [5, 5.41) is 0. The molecule has 0 N–H and O–H groups in total. The van der Waals surface area contributed by atoms with Crippen LogP contribution in [0.2, 0.25) is 0 Å².